The summed E-state index contributed by atoms with van der Waals surface area (Å²) in [6, 6.07) is 5.99. The van der Waals surface area contributed by atoms with E-state index in [1.807, 2.05) is 12.1 Å². The van der Waals surface area contributed by atoms with E-state index in [0.29, 0.717) is 5.75 Å². The van der Waals surface area contributed by atoms with Gasteiger partial charge < -0.3 is 9.84 Å². The Morgan fingerprint density at radius 1 is 1.59 bits per heavy atom. The lowest BCUT2D eigenvalue weighted by Gasteiger charge is -2.33. The van der Waals surface area contributed by atoms with Gasteiger partial charge in [0.15, 0.2) is 0 Å². The fraction of sp³-hybridized carbons (Fsp3) is 0.462. The molecule has 1 aromatic rings. The molecule has 92 valence electrons. The molecule has 0 amide bonds. The Morgan fingerprint density at radius 3 is 2.82 bits per heavy atom. The zero-order valence-corrected chi connectivity index (χ0v) is 10.8. The van der Waals surface area contributed by atoms with Crippen LogP contribution in [0.3, 0.4) is 0 Å². The summed E-state index contributed by atoms with van der Waals surface area (Å²) in [5.74, 6) is 0.668. The topological polar surface area (TPSA) is 46.5 Å². The average Bonchev–Trinajstić information content (AvgIpc) is 2.26. The molecule has 3 nitrogen and oxygen atoms in total. The van der Waals surface area contributed by atoms with Crippen molar-refractivity contribution in [3.05, 3.63) is 29.3 Å². The summed E-state index contributed by atoms with van der Waals surface area (Å²) in [5, 5.41) is 9.15. The van der Waals surface area contributed by atoms with E-state index >= 15 is 0 Å². The summed E-state index contributed by atoms with van der Waals surface area (Å²) in [5.41, 5.74) is 2.24. The Bertz CT molecular complexity index is 431. The molecule has 1 aliphatic heterocycles. The SMILES string of the molecule is CCc1cc(C2SCC2C(=O)O)ccc1OC. The molecule has 0 radical (unpaired) electrons. The molecule has 0 bridgehead atoms. The third kappa shape index (κ3) is 2.27. The summed E-state index contributed by atoms with van der Waals surface area (Å²) in [4.78, 5) is 11.0. The fourth-order valence-corrected chi connectivity index (χ4v) is 3.25. The Morgan fingerprint density at radius 2 is 2.35 bits per heavy atom. The van der Waals surface area contributed by atoms with Crippen LogP contribution in [-0.4, -0.2) is 23.9 Å². The normalized spacial score (nSPS) is 22.9. The minimum Gasteiger partial charge on any atom is -0.496 e. The number of carboxylic acid groups (broad SMARTS) is 1. The summed E-state index contributed by atoms with van der Waals surface area (Å²) < 4.78 is 5.27. The number of ether oxygens (including phenoxy) is 1. The van der Waals surface area contributed by atoms with Gasteiger partial charge in [-0.15, -0.1) is 0 Å². The van der Waals surface area contributed by atoms with Crippen LogP contribution in [0.1, 0.15) is 23.3 Å². The molecule has 1 aromatic carbocycles. The van der Waals surface area contributed by atoms with Crippen LogP contribution in [0.2, 0.25) is 0 Å². The molecule has 1 aliphatic rings. The van der Waals surface area contributed by atoms with Crippen molar-refractivity contribution in [1.82, 2.24) is 0 Å². The maximum absolute atomic E-state index is 11.0. The van der Waals surface area contributed by atoms with Crippen LogP contribution < -0.4 is 4.74 Å². The van der Waals surface area contributed by atoms with E-state index in [0.717, 1.165) is 23.3 Å². The first-order valence-corrected chi connectivity index (χ1v) is 6.73. The van der Waals surface area contributed by atoms with Crippen LogP contribution in [0.4, 0.5) is 0 Å². The molecular weight excluding hydrogens is 236 g/mol. The zero-order valence-electron chi connectivity index (χ0n) is 9.97. The second-order valence-corrected chi connectivity index (χ2v) is 5.30. The molecule has 1 fully saturated rings. The molecule has 1 N–H and O–H groups in total. The van der Waals surface area contributed by atoms with E-state index in [2.05, 4.69) is 13.0 Å². The Kier molecular flexibility index (Phi) is 3.62. The van der Waals surface area contributed by atoms with E-state index in [1.54, 1.807) is 18.9 Å². The number of carbonyl (C=O) groups is 1. The number of benzene rings is 1. The number of rotatable bonds is 4. The molecule has 2 unspecified atom stereocenters. The lowest BCUT2D eigenvalue weighted by Crippen LogP contribution is -2.31. The first kappa shape index (κ1) is 12.3. The highest BCUT2D eigenvalue weighted by Crippen LogP contribution is 2.48. The van der Waals surface area contributed by atoms with Gasteiger partial charge in [-0.25, -0.2) is 0 Å². The Balaban J connectivity index is 2.25. The highest BCUT2D eigenvalue weighted by atomic mass is 32.2. The van der Waals surface area contributed by atoms with Gasteiger partial charge in [-0.3, -0.25) is 4.79 Å². The summed E-state index contributed by atoms with van der Waals surface area (Å²) in [7, 11) is 1.66. The van der Waals surface area contributed by atoms with E-state index in [-0.39, 0.29) is 11.2 Å². The predicted molar refractivity (Wildman–Crippen MR) is 68.7 cm³/mol. The van der Waals surface area contributed by atoms with Crippen LogP contribution in [0.5, 0.6) is 5.75 Å². The highest BCUT2D eigenvalue weighted by Gasteiger charge is 2.38. The third-order valence-electron chi connectivity index (χ3n) is 3.15. The summed E-state index contributed by atoms with van der Waals surface area (Å²) in [6.07, 6.45) is 0.895. The highest BCUT2D eigenvalue weighted by molar-refractivity contribution is 8.01. The van der Waals surface area contributed by atoms with Crippen LogP contribution in [0.25, 0.3) is 0 Å². The fourth-order valence-electron chi connectivity index (χ4n) is 2.07. The first-order chi connectivity index (χ1) is 8.17. The number of hydrogen-bond acceptors (Lipinski definition) is 3. The molecule has 1 saturated heterocycles. The van der Waals surface area contributed by atoms with Gasteiger partial charge >= 0.3 is 5.97 Å². The van der Waals surface area contributed by atoms with Gasteiger partial charge in [0.05, 0.1) is 13.0 Å². The molecule has 0 spiro atoms. The van der Waals surface area contributed by atoms with Crippen molar-refractivity contribution in [2.24, 2.45) is 5.92 Å². The zero-order chi connectivity index (χ0) is 12.4. The molecular formula is C13H16O3S. The monoisotopic (exact) mass is 252 g/mol. The second-order valence-electron chi connectivity index (χ2n) is 4.12. The van der Waals surface area contributed by atoms with Crippen molar-refractivity contribution in [3.63, 3.8) is 0 Å². The third-order valence-corrected chi connectivity index (χ3v) is 4.66. The number of hydrogen-bond donors (Lipinski definition) is 1. The van der Waals surface area contributed by atoms with Gasteiger partial charge in [0, 0.05) is 11.0 Å². The molecule has 0 aromatic heterocycles. The van der Waals surface area contributed by atoms with Crippen molar-refractivity contribution in [3.8, 4) is 5.75 Å². The van der Waals surface area contributed by atoms with Crippen LogP contribution >= 0.6 is 11.8 Å². The van der Waals surface area contributed by atoms with Gasteiger partial charge in [0.1, 0.15) is 5.75 Å². The molecule has 17 heavy (non-hydrogen) atoms. The molecule has 2 atom stereocenters. The summed E-state index contributed by atoms with van der Waals surface area (Å²) >= 11 is 1.71. The largest absolute Gasteiger partial charge is 0.496 e. The van der Waals surface area contributed by atoms with Crippen LogP contribution in [-0.2, 0) is 11.2 Å². The minimum atomic E-state index is -0.692. The lowest BCUT2D eigenvalue weighted by atomic mass is 9.96. The molecule has 0 aliphatic carbocycles. The first-order valence-electron chi connectivity index (χ1n) is 5.68. The van der Waals surface area contributed by atoms with Gasteiger partial charge in [-0.05, 0) is 23.6 Å². The van der Waals surface area contributed by atoms with Crippen molar-refractivity contribution < 1.29 is 14.6 Å². The van der Waals surface area contributed by atoms with E-state index in [9.17, 15) is 4.79 Å². The minimum absolute atomic E-state index is 0.101. The standard InChI is InChI=1S/C13H16O3S/c1-3-8-6-9(4-5-11(8)16-2)12-10(7-17-12)13(14)15/h4-6,10,12H,3,7H2,1-2H3,(H,14,15). The second kappa shape index (κ2) is 5.00. The van der Waals surface area contributed by atoms with Crippen molar-refractivity contribution in [1.29, 1.82) is 0 Å². The maximum atomic E-state index is 11.0. The van der Waals surface area contributed by atoms with E-state index in [4.69, 9.17) is 9.84 Å². The maximum Gasteiger partial charge on any atom is 0.308 e. The van der Waals surface area contributed by atoms with Crippen LogP contribution in [0.15, 0.2) is 18.2 Å². The predicted octanol–water partition coefficient (Wildman–Crippen LogP) is 2.75. The Labute approximate surface area is 105 Å². The smallest absolute Gasteiger partial charge is 0.308 e. The summed E-state index contributed by atoms with van der Waals surface area (Å²) in [6.45, 7) is 2.07. The van der Waals surface area contributed by atoms with Crippen LogP contribution in [0, 0.1) is 5.92 Å². The lowest BCUT2D eigenvalue weighted by molar-refractivity contribution is -0.141. The van der Waals surface area contributed by atoms with Gasteiger partial charge in [-0.2, -0.15) is 11.8 Å². The van der Waals surface area contributed by atoms with Gasteiger partial charge in [-0.1, -0.05) is 19.1 Å². The number of aliphatic carboxylic acids is 1. The van der Waals surface area contributed by atoms with Crippen molar-refractivity contribution >= 4 is 17.7 Å². The van der Waals surface area contributed by atoms with E-state index in [1.165, 1.54) is 0 Å². The quantitative estimate of drug-likeness (QED) is 0.895. The molecule has 2 rings (SSSR count). The molecule has 0 saturated carbocycles. The number of aryl methyl sites for hydroxylation is 1. The molecule has 1 heterocycles. The van der Waals surface area contributed by atoms with Crippen molar-refractivity contribution in [2.45, 2.75) is 18.6 Å². The average molecular weight is 252 g/mol. The number of methoxy groups -OCH3 is 1. The number of thioether (sulfide) groups is 1. The van der Waals surface area contributed by atoms with Gasteiger partial charge in [0.2, 0.25) is 0 Å². The van der Waals surface area contributed by atoms with Gasteiger partial charge in [0.25, 0.3) is 0 Å². The van der Waals surface area contributed by atoms with E-state index < -0.39 is 5.97 Å². The number of carboxylic acids is 1. The molecule has 4 heteroatoms. The Hall–Kier alpha value is -1.16. The van der Waals surface area contributed by atoms with Crippen molar-refractivity contribution in [2.75, 3.05) is 12.9 Å².